The average molecular weight is 176 g/mol. The van der Waals surface area contributed by atoms with E-state index in [0.29, 0.717) is 0 Å². The smallest absolute Gasteiger partial charge is 0.340 e. The van der Waals surface area contributed by atoms with Crippen molar-refractivity contribution < 1.29 is 47.3 Å². The molecule has 0 saturated heterocycles. The van der Waals surface area contributed by atoms with E-state index in [9.17, 15) is 13.2 Å². The number of hydrogen-bond donors (Lipinski definition) is 2. The summed E-state index contributed by atoms with van der Waals surface area (Å²) >= 11 is 0. The average Bonchev–Trinajstić information content (AvgIpc) is 1.59. The molecular formula is C3H7NNaO4S+. The number of carbonyl (C=O) groups excluding carboxylic acids is 1. The second-order valence-electron chi connectivity index (χ2n) is 1.46. The Hall–Kier alpha value is 0.380. The van der Waals surface area contributed by atoms with E-state index in [1.54, 1.807) is 0 Å². The Morgan fingerprint density at radius 3 is 2.10 bits per heavy atom. The van der Waals surface area contributed by atoms with Crippen LogP contribution in [0.4, 0.5) is 0 Å². The van der Waals surface area contributed by atoms with Gasteiger partial charge >= 0.3 is 29.6 Å². The van der Waals surface area contributed by atoms with E-state index in [1.807, 2.05) is 5.32 Å². The number of hydrogen-bond acceptors (Lipinski definition) is 3. The molecule has 0 unspecified atom stereocenters. The van der Waals surface area contributed by atoms with E-state index in [2.05, 4.69) is 0 Å². The van der Waals surface area contributed by atoms with Gasteiger partial charge in [-0.3, -0.25) is 9.35 Å². The van der Waals surface area contributed by atoms with Crippen molar-refractivity contribution in [2.45, 2.75) is 6.92 Å². The van der Waals surface area contributed by atoms with Gasteiger partial charge in [-0.15, -0.1) is 0 Å². The molecule has 0 aliphatic carbocycles. The van der Waals surface area contributed by atoms with Crippen LogP contribution in [-0.4, -0.2) is 24.8 Å². The predicted octanol–water partition coefficient (Wildman–Crippen LogP) is -4.03. The Kier molecular flexibility index (Phi) is 6.61. The van der Waals surface area contributed by atoms with Crippen LogP contribution in [0.15, 0.2) is 0 Å². The van der Waals surface area contributed by atoms with Crippen LogP contribution in [0.25, 0.3) is 0 Å². The number of carbonyl (C=O) groups is 1. The second-order valence-corrected chi connectivity index (χ2v) is 2.91. The SMILES string of the molecule is CC(=O)NCS(=O)(=O)O.[Na+]. The fourth-order valence-electron chi connectivity index (χ4n) is 0.193. The minimum absolute atomic E-state index is 0. The maximum atomic E-state index is 10.0. The van der Waals surface area contributed by atoms with Crippen molar-refractivity contribution in [3.8, 4) is 0 Å². The molecule has 0 spiro atoms. The van der Waals surface area contributed by atoms with Gasteiger partial charge in [0.25, 0.3) is 10.1 Å². The summed E-state index contributed by atoms with van der Waals surface area (Å²) in [5.74, 6) is -1.21. The van der Waals surface area contributed by atoms with Crippen LogP contribution in [0, 0.1) is 0 Å². The second kappa shape index (κ2) is 5.09. The third kappa shape index (κ3) is 11.2. The van der Waals surface area contributed by atoms with E-state index in [-0.39, 0.29) is 29.6 Å². The van der Waals surface area contributed by atoms with Gasteiger partial charge in [0.05, 0.1) is 0 Å². The summed E-state index contributed by atoms with van der Waals surface area (Å²) in [6.45, 7) is 1.16. The molecule has 0 heterocycles. The zero-order chi connectivity index (χ0) is 7.49. The van der Waals surface area contributed by atoms with Crippen molar-refractivity contribution in [2.24, 2.45) is 0 Å². The quantitative estimate of drug-likeness (QED) is 0.331. The van der Waals surface area contributed by atoms with Gasteiger partial charge in [0.1, 0.15) is 5.88 Å². The molecule has 7 heteroatoms. The van der Waals surface area contributed by atoms with E-state index < -0.39 is 21.9 Å². The Morgan fingerprint density at radius 2 is 2.00 bits per heavy atom. The predicted molar refractivity (Wildman–Crippen MR) is 30.2 cm³/mol. The Bertz CT molecular complexity index is 199. The number of nitrogens with one attached hydrogen (secondary N) is 1. The van der Waals surface area contributed by atoms with Gasteiger partial charge in [0, 0.05) is 6.92 Å². The monoisotopic (exact) mass is 176 g/mol. The fourth-order valence-corrected chi connectivity index (χ4v) is 0.578. The number of rotatable bonds is 2. The van der Waals surface area contributed by atoms with Crippen molar-refractivity contribution in [1.29, 1.82) is 0 Å². The summed E-state index contributed by atoms with van der Waals surface area (Å²) in [6.07, 6.45) is 0. The van der Waals surface area contributed by atoms with Crippen molar-refractivity contribution in [2.75, 3.05) is 5.88 Å². The maximum absolute atomic E-state index is 10.0. The fraction of sp³-hybridized carbons (Fsp3) is 0.667. The van der Waals surface area contributed by atoms with Crippen LogP contribution < -0.4 is 34.9 Å². The summed E-state index contributed by atoms with van der Waals surface area (Å²) in [4.78, 5) is 10.0. The van der Waals surface area contributed by atoms with Gasteiger partial charge in [0.15, 0.2) is 0 Å². The summed E-state index contributed by atoms with van der Waals surface area (Å²) in [7, 11) is -4.05. The van der Waals surface area contributed by atoms with Crippen molar-refractivity contribution in [3.63, 3.8) is 0 Å². The first-order chi connectivity index (χ1) is 3.92. The third-order valence-corrected chi connectivity index (χ3v) is 1.01. The topological polar surface area (TPSA) is 83.5 Å². The molecule has 0 saturated carbocycles. The first-order valence-electron chi connectivity index (χ1n) is 2.11. The van der Waals surface area contributed by atoms with Crippen LogP contribution in [-0.2, 0) is 14.9 Å². The Labute approximate surface area is 81.2 Å². The largest absolute Gasteiger partial charge is 1.00 e. The molecule has 0 aromatic rings. The van der Waals surface area contributed by atoms with Crippen molar-refractivity contribution in [1.82, 2.24) is 5.32 Å². The minimum atomic E-state index is -4.05. The van der Waals surface area contributed by atoms with Crippen molar-refractivity contribution in [3.05, 3.63) is 0 Å². The molecule has 2 N–H and O–H groups in total. The molecule has 0 radical (unpaired) electrons. The third-order valence-electron chi connectivity index (χ3n) is 0.504. The summed E-state index contributed by atoms with van der Waals surface area (Å²) < 4.78 is 27.8. The standard InChI is InChI=1S/C3H7NO4S.Na/c1-3(5)4-2-9(6,7)8;/h2H2,1H3,(H,4,5)(H,6,7,8);/q;+1. The van der Waals surface area contributed by atoms with Crippen LogP contribution in [0.5, 0.6) is 0 Å². The molecule has 5 nitrogen and oxygen atoms in total. The summed E-state index contributed by atoms with van der Waals surface area (Å²) in [5, 5.41) is 1.91. The first-order valence-corrected chi connectivity index (χ1v) is 3.72. The molecule has 0 atom stereocenters. The molecule has 0 rings (SSSR count). The summed E-state index contributed by atoms with van der Waals surface area (Å²) in [6, 6.07) is 0. The molecule has 0 bridgehead atoms. The molecule has 10 heavy (non-hydrogen) atoms. The molecule has 54 valence electrons. The molecular weight excluding hydrogens is 169 g/mol. The van der Waals surface area contributed by atoms with E-state index in [4.69, 9.17) is 4.55 Å². The molecule has 0 fully saturated rings. The molecule has 0 aromatic carbocycles. The molecule has 0 aliphatic rings. The summed E-state index contributed by atoms with van der Waals surface area (Å²) in [5.41, 5.74) is 0. The molecule has 0 aliphatic heterocycles. The number of amides is 1. The van der Waals surface area contributed by atoms with Gasteiger partial charge < -0.3 is 5.32 Å². The van der Waals surface area contributed by atoms with Gasteiger partial charge in [0.2, 0.25) is 5.91 Å². The Morgan fingerprint density at radius 1 is 1.60 bits per heavy atom. The minimum Gasteiger partial charge on any atom is -0.340 e. The van der Waals surface area contributed by atoms with E-state index >= 15 is 0 Å². The Balaban J connectivity index is 0. The normalized spacial score (nSPS) is 9.80. The molecule has 0 aromatic heterocycles. The van der Waals surface area contributed by atoms with Gasteiger partial charge in [-0.2, -0.15) is 8.42 Å². The maximum Gasteiger partial charge on any atom is 1.00 e. The van der Waals surface area contributed by atoms with Gasteiger partial charge in [-0.1, -0.05) is 0 Å². The zero-order valence-electron chi connectivity index (χ0n) is 5.79. The van der Waals surface area contributed by atoms with Gasteiger partial charge in [-0.25, -0.2) is 0 Å². The zero-order valence-corrected chi connectivity index (χ0v) is 8.60. The van der Waals surface area contributed by atoms with E-state index in [1.165, 1.54) is 0 Å². The van der Waals surface area contributed by atoms with Crippen LogP contribution in [0.1, 0.15) is 6.92 Å². The first kappa shape index (κ1) is 13.0. The van der Waals surface area contributed by atoms with E-state index in [0.717, 1.165) is 6.92 Å². The van der Waals surface area contributed by atoms with Crippen LogP contribution in [0.2, 0.25) is 0 Å². The van der Waals surface area contributed by atoms with Crippen molar-refractivity contribution >= 4 is 16.0 Å². The van der Waals surface area contributed by atoms with Crippen LogP contribution >= 0.6 is 0 Å². The van der Waals surface area contributed by atoms with Crippen LogP contribution in [0.3, 0.4) is 0 Å². The molecule has 1 amide bonds. The van der Waals surface area contributed by atoms with Gasteiger partial charge in [-0.05, 0) is 0 Å².